The Balaban J connectivity index is 2.50. The second-order valence-corrected chi connectivity index (χ2v) is 4.88. The maximum Gasteiger partial charge on any atom is 0.279 e. The maximum atomic E-state index is 10.8. The highest BCUT2D eigenvalue weighted by Crippen LogP contribution is 2.33. The summed E-state index contributed by atoms with van der Waals surface area (Å²) in [4.78, 5) is 10.4. The van der Waals surface area contributed by atoms with E-state index in [0.29, 0.717) is 10.6 Å². The average Bonchev–Trinajstić information content (AvgIpc) is 2.77. The largest absolute Gasteiger partial charge is 0.279 e. The first-order valence-electron chi connectivity index (χ1n) is 4.33. The molecule has 2 aromatic rings. The summed E-state index contributed by atoms with van der Waals surface area (Å²) in [6.45, 7) is 0. The van der Waals surface area contributed by atoms with Crippen molar-refractivity contribution >= 4 is 28.8 Å². The van der Waals surface area contributed by atoms with Crippen molar-refractivity contribution in [1.82, 2.24) is 10.2 Å². The van der Waals surface area contributed by atoms with Gasteiger partial charge in [-0.05, 0) is 12.3 Å². The zero-order valence-corrected chi connectivity index (χ0v) is 9.92. The number of hydrogen-bond acceptors (Lipinski definition) is 6. The van der Waals surface area contributed by atoms with Crippen LogP contribution in [0.4, 0.5) is 5.69 Å². The van der Waals surface area contributed by atoms with Crippen LogP contribution in [0.5, 0.6) is 0 Å². The molecule has 16 heavy (non-hydrogen) atoms. The molecule has 0 saturated heterocycles. The first kappa shape index (κ1) is 11.0. The van der Waals surface area contributed by atoms with E-state index in [1.165, 1.54) is 29.2 Å². The molecule has 0 N–H and O–H groups in total. The molecule has 2 rings (SSSR count). The van der Waals surface area contributed by atoms with Crippen LogP contribution in [0.1, 0.15) is 0 Å². The second-order valence-electron chi connectivity index (χ2n) is 2.85. The molecule has 0 spiro atoms. The fraction of sp³-hybridized carbons (Fsp3) is 0.111. The molecule has 7 heteroatoms. The van der Waals surface area contributed by atoms with Crippen molar-refractivity contribution in [2.75, 3.05) is 6.26 Å². The lowest BCUT2D eigenvalue weighted by Gasteiger charge is -1.96. The monoisotopic (exact) mass is 253 g/mol. The standard InChI is InChI=1S/C9H7N3O2S2/c1-15-9-11-10-8(16-9)6-4-2-3-5-7(6)12(13)14/h2-5H,1H3. The number of benzene rings is 1. The van der Waals surface area contributed by atoms with Crippen LogP contribution in [0.25, 0.3) is 10.6 Å². The van der Waals surface area contributed by atoms with Crippen LogP contribution in [0.2, 0.25) is 0 Å². The quantitative estimate of drug-likeness (QED) is 0.478. The van der Waals surface area contributed by atoms with Gasteiger partial charge in [-0.2, -0.15) is 0 Å². The summed E-state index contributed by atoms with van der Waals surface area (Å²) < 4.78 is 0.799. The predicted molar refractivity (Wildman–Crippen MR) is 63.8 cm³/mol. The highest BCUT2D eigenvalue weighted by molar-refractivity contribution is 8.00. The van der Waals surface area contributed by atoms with Crippen LogP contribution >= 0.6 is 23.1 Å². The molecule has 82 valence electrons. The zero-order chi connectivity index (χ0) is 11.5. The van der Waals surface area contributed by atoms with E-state index < -0.39 is 4.92 Å². The SMILES string of the molecule is CSc1nnc(-c2ccccc2[N+](=O)[O-])s1. The molecule has 0 aliphatic heterocycles. The van der Waals surface area contributed by atoms with Gasteiger partial charge < -0.3 is 0 Å². The number of nitro benzene ring substituents is 1. The normalized spacial score (nSPS) is 10.3. The second kappa shape index (κ2) is 4.58. The number of nitrogens with zero attached hydrogens (tertiary/aromatic N) is 3. The molecule has 1 aromatic carbocycles. The highest BCUT2D eigenvalue weighted by Gasteiger charge is 2.17. The van der Waals surface area contributed by atoms with Gasteiger partial charge in [-0.25, -0.2) is 0 Å². The van der Waals surface area contributed by atoms with Crippen LogP contribution in [-0.4, -0.2) is 21.4 Å². The summed E-state index contributed by atoms with van der Waals surface area (Å²) in [5.41, 5.74) is 0.580. The summed E-state index contributed by atoms with van der Waals surface area (Å²) >= 11 is 2.83. The van der Waals surface area contributed by atoms with Gasteiger partial charge in [-0.3, -0.25) is 10.1 Å². The zero-order valence-electron chi connectivity index (χ0n) is 8.28. The Bertz CT molecular complexity index is 527. The molecule has 0 atom stereocenters. The van der Waals surface area contributed by atoms with Crippen LogP contribution in [-0.2, 0) is 0 Å². The van der Waals surface area contributed by atoms with Crippen molar-refractivity contribution < 1.29 is 4.92 Å². The molecule has 0 unspecified atom stereocenters. The van der Waals surface area contributed by atoms with Gasteiger partial charge in [0.15, 0.2) is 9.35 Å². The van der Waals surface area contributed by atoms with Crippen LogP contribution in [0, 0.1) is 10.1 Å². The lowest BCUT2D eigenvalue weighted by molar-refractivity contribution is -0.384. The predicted octanol–water partition coefficient (Wildman–Crippen LogP) is 2.84. The molecule has 1 aromatic heterocycles. The van der Waals surface area contributed by atoms with Gasteiger partial charge in [0.25, 0.3) is 5.69 Å². The summed E-state index contributed by atoms with van der Waals surface area (Å²) in [7, 11) is 0. The van der Waals surface area contributed by atoms with Crippen LogP contribution < -0.4 is 0 Å². The molecule has 5 nitrogen and oxygen atoms in total. The maximum absolute atomic E-state index is 10.8. The first-order chi connectivity index (χ1) is 7.72. The number of hydrogen-bond donors (Lipinski definition) is 0. The molecule has 1 heterocycles. The Hall–Kier alpha value is -1.47. The van der Waals surface area contributed by atoms with Crippen molar-refractivity contribution in [3.8, 4) is 10.6 Å². The molecule has 0 radical (unpaired) electrons. The van der Waals surface area contributed by atoms with Gasteiger partial charge >= 0.3 is 0 Å². The van der Waals surface area contributed by atoms with Gasteiger partial charge in [0.2, 0.25) is 0 Å². The number of aromatic nitrogens is 2. The van der Waals surface area contributed by atoms with Gasteiger partial charge in [-0.15, -0.1) is 10.2 Å². The van der Waals surface area contributed by atoms with E-state index in [1.807, 2.05) is 6.26 Å². The summed E-state index contributed by atoms with van der Waals surface area (Å²) in [5.74, 6) is 0. The Labute approximate surface area is 99.7 Å². The van der Waals surface area contributed by atoms with Crippen LogP contribution in [0.3, 0.4) is 0 Å². The summed E-state index contributed by atoms with van der Waals surface area (Å²) in [6.07, 6.45) is 1.89. The van der Waals surface area contributed by atoms with Crippen molar-refractivity contribution in [1.29, 1.82) is 0 Å². The lowest BCUT2D eigenvalue weighted by atomic mass is 10.2. The van der Waals surface area contributed by atoms with E-state index in [9.17, 15) is 10.1 Å². The lowest BCUT2D eigenvalue weighted by Crippen LogP contribution is -1.90. The first-order valence-corrected chi connectivity index (χ1v) is 6.38. The molecule has 0 aliphatic carbocycles. The van der Waals surface area contributed by atoms with Gasteiger partial charge in [0, 0.05) is 6.07 Å². The Kier molecular flexibility index (Phi) is 3.16. The number of para-hydroxylation sites is 1. The third-order valence-corrected chi connectivity index (χ3v) is 3.84. The Morgan fingerprint density at radius 2 is 2.12 bits per heavy atom. The third kappa shape index (κ3) is 2.05. The topological polar surface area (TPSA) is 68.9 Å². The van der Waals surface area contributed by atoms with Crippen molar-refractivity contribution in [3.05, 3.63) is 34.4 Å². The Morgan fingerprint density at radius 3 is 2.75 bits per heavy atom. The van der Waals surface area contributed by atoms with E-state index in [2.05, 4.69) is 10.2 Å². The molecule has 0 saturated carbocycles. The van der Waals surface area contributed by atoms with E-state index in [0.717, 1.165) is 4.34 Å². The minimum absolute atomic E-state index is 0.0614. The van der Waals surface area contributed by atoms with Crippen molar-refractivity contribution in [2.24, 2.45) is 0 Å². The minimum atomic E-state index is -0.407. The molecule has 0 bridgehead atoms. The summed E-state index contributed by atoms with van der Waals surface area (Å²) in [5, 5.41) is 19.3. The number of nitro groups is 1. The van der Waals surface area contributed by atoms with Gasteiger partial charge in [0.1, 0.15) is 0 Å². The van der Waals surface area contributed by atoms with E-state index in [-0.39, 0.29) is 5.69 Å². The molecule has 0 amide bonds. The highest BCUT2D eigenvalue weighted by atomic mass is 32.2. The smallest absolute Gasteiger partial charge is 0.258 e. The van der Waals surface area contributed by atoms with Gasteiger partial charge in [-0.1, -0.05) is 35.2 Å². The summed E-state index contributed by atoms with van der Waals surface area (Å²) in [6, 6.07) is 6.54. The molecular formula is C9H7N3O2S2. The number of thioether (sulfide) groups is 1. The fourth-order valence-corrected chi connectivity index (χ4v) is 2.52. The minimum Gasteiger partial charge on any atom is -0.258 e. The Morgan fingerprint density at radius 1 is 1.38 bits per heavy atom. The van der Waals surface area contributed by atoms with Gasteiger partial charge in [0.05, 0.1) is 10.5 Å². The van der Waals surface area contributed by atoms with Crippen LogP contribution in [0.15, 0.2) is 28.6 Å². The van der Waals surface area contributed by atoms with E-state index in [4.69, 9.17) is 0 Å². The molecule has 0 fully saturated rings. The molecule has 0 aliphatic rings. The third-order valence-electron chi connectivity index (χ3n) is 1.91. The van der Waals surface area contributed by atoms with Crippen molar-refractivity contribution in [2.45, 2.75) is 4.34 Å². The van der Waals surface area contributed by atoms with E-state index >= 15 is 0 Å². The number of rotatable bonds is 3. The fourth-order valence-electron chi connectivity index (χ4n) is 1.21. The van der Waals surface area contributed by atoms with Crippen molar-refractivity contribution in [3.63, 3.8) is 0 Å². The van der Waals surface area contributed by atoms with E-state index in [1.54, 1.807) is 18.2 Å². The average molecular weight is 253 g/mol. The molecular weight excluding hydrogens is 246 g/mol.